The quantitative estimate of drug-likeness (QED) is 0.918. The Balaban J connectivity index is 1.34. The third-order valence-corrected chi connectivity index (χ3v) is 5.85. The molecule has 1 aliphatic heterocycles. The molecule has 0 unspecified atom stereocenters. The van der Waals surface area contributed by atoms with Crippen LogP contribution in [0.4, 0.5) is 5.82 Å². The lowest BCUT2D eigenvalue weighted by molar-refractivity contribution is 0.344. The number of nitrogens with zero attached hydrogens (tertiary/aromatic N) is 3. The van der Waals surface area contributed by atoms with Crippen molar-refractivity contribution in [2.45, 2.75) is 57.7 Å². The van der Waals surface area contributed by atoms with Crippen molar-refractivity contribution in [3.8, 4) is 0 Å². The van der Waals surface area contributed by atoms with E-state index in [0.29, 0.717) is 24.4 Å². The molecule has 4 rings (SSSR count). The zero-order valence-electron chi connectivity index (χ0n) is 15.5. The second kappa shape index (κ2) is 7.62. The Labute approximate surface area is 155 Å². The van der Waals surface area contributed by atoms with Crippen molar-refractivity contribution in [2.24, 2.45) is 0 Å². The van der Waals surface area contributed by atoms with E-state index in [-0.39, 0.29) is 5.56 Å². The molecule has 1 N–H and O–H groups in total. The van der Waals surface area contributed by atoms with Gasteiger partial charge in [0.25, 0.3) is 5.56 Å². The maximum atomic E-state index is 12.5. The first kappa shape index (κ1) is 17.3. The second-order valence-corrected chi connectivity index (χ2v) is 7.48. The normalized spacial score (nSPS) is 20.8. The average Bonchev–Trinajstić information content (AvgIpc) is 2.69. The van der Waals surface area contributed by atoms with Crippen LogP contribution in [0.2, 0.25) is 0 Å². The van der Waals surface area contributed by atoms with Crippen molar-refractivity contribution in [3.63, 3.8) is 0 Å². The Hall–Kier alpha value is -2.14. The molecule has 0 saturated carbocycles. The molecule has 0 bridgehead atoms. The first-order valence-electron chi connectivity index (χ1n) is 9.88. The van der Waals surface area contributed by atoms with E-state index in [4.69, 9.17) is 0 Å². The summed E-state index contributed by atoms with van der Waals surface area (Å²) < 4.78 is 1.73. The van der Waals surface area contributed by atoms with Crippen LogP contribution < -0.4 is 15.8 Å². The van der Waals surface area contributed by atoms with Gasteiger partial charge in [-0.2, -0.15) is 0 Å². The zero-order chi connectivity index (χ0) is 17.9. The van der Waals surface area contributed by atoms with E-state index >= 15 is 0 Å². The van der Waals surface area contributed by atoms with Gasteiger partial charge in [-0.15, -0.1) is 0 Å². The summed E-state index contributed by atoms with van der Waals surface area (Å²) in [6.45, 7) is 4.48. The molecule has 1 saturated heterocycles. The third kappa shape index (κ3) is 3.54. The summed E-state index contributed by atoms with van der Waals surface area (Å²) in [6.07, 6.45) is 9.18. The van der Waals surface area contributed by atoms with E-state index in [0.717, 1.165) is 32.4 Å². The number of hydrogen-bond donors (Lipinski definition) is 1. The highest BCUT2D eigenvalue weighted by Gasteiger charge is 2.25. The first-order valence-corrected chi connectivity index (χ1v) is 9.88. The fraction of sp³-hybridized carbons (Fsp3) is 0.524. The molecular formula is C21H28N4O. The summed E-state index contributed by atoms with van der Waals surface area (Å²) in [4.78, 5) is 19.0. The van der Waals surface area contributed by atoms with Gasteiger partial charge in [0.2, 0.25) is 0 Å². The summed E-state index contributed by atoms with van der Waals surface area (Å²) in [5.41, 5.74) is 3.05. The Kier molecular flexibility index (Phi) is 5.07. The fourth-order valence-electron chi connectivity index (χ4n) is 4.33. The van der Waals surface area contributed by atoms with E-state index in [2.05, 4.69) is 39.5 Å². The smallest absolute Gasteiger partial charge is 0.293 e. The number of benzene rings is 1. The summed E-state index contributed by atoms with van der Waals surface area (Å²) in [6, 6.07) is 9.94. The lowest BCUT2D eigenvalue weighted by Gasteiger charge is -2.36. The summed E-state index contributed by atoms with van der Waals surface area (Å²) in [5.74, 6) is 0.611. The predicted octanol–water partition coefficient (Wildman–Crippen LogP) is 2.38. The van der Waals surface area contributed by atoms with Crippen molar-refractivity contribution in [1.29, 1.82) is 0 Å². The van der Waals surface area contributed by atoms with Gasteiger partial charge >= 0.3 is 0 Å². The molecule has 0 amide bonds. The molecule has 1 aliphatic carbocycles. The second-order valence-electron chi connectivity index (χ2n) is 7.48. The molecule has 1 aromatic carbocycles. The Bertz CT molecular complexity index is 808. The molecule has 0 radical (unpaired) electrons. The van der Waals surface area contributed by atoms with Gasteiger partial charge in [-0.3, -0.25) is 4.79 Å². The monoisotopic (exact) mass is 352 g/mol. The lowest BCUT2D eigenvalue weighted by Crippen LogP contribution is -2.49. The van der Waals surface area contributed by atoms with E-state index in [9.17, 15) is 4.79 Å². The summed E-state index contributed by atoms with van der Waals surface area (Å²) in [7, 11) is 0. The van der Waals surface area contributed by atoms with Crippen molar-refractivity contribution in [3.05, 3.63) is 58.1 Å². The summed E-state index contributed by atoms with van der Waals surface area (Å²) in [5, 5.41) is 3.88. The van der Waals surface area contributed by atoms with Crippen LogP contribution in [0.3, 0.4) is 0 Å². The van der Waals surface area contributed by atoms with Gasteiger partial charge in [0.15, 0.2) is 5.82 Å². The molecule has 1 atom stereocenters. The van der Waals surface area contributed by atoms with Crippen molar-refractivity contribution < 1.29 is 0 Å². The van der Waals surface area contributed by atoms with Crippen molar-refractivity contribution in [2.75, 3.05) is 18.0 Å². The molecule has 2 aromatic rings. The van der Waals surface area contributed by atoms with E-state index < -0.39 is 0 Å². The molecule has 5 nitrogen and oxygen atoms in total. The Morgan fingerprint density at radius 3 is 2.65 bits per heavy atom. The van der Waals surface area contributed by atoms with Gasteiger partial charge in [-0.25, -0.2) is 4.98 Å². The van der Waals surface area contributed by atoms with E-state index in [1.807, 2.05) is 6.92 Å². The first-order chi connectivity index (χ1) is 12.7. The fourth-order valence-corrected chi connectivity index (χ4v) is 4.33. The number of aromatic nitrogens is 2. The minimum absolute atomic E-state index is 0.0327. The van der Waals surface area contributed by atoms with Crippen LogP contribution >= 0.6 is 0 Å². The number of anilines is 1. The molecule has 1 fully saturated rings. The summed E-state index contributed by atoms with van der Waals surface area (Å²) >= 11 is 0. The largest absolute Gasteiger partial charge is 0.352 e. The number of piperidine rings is 1. The highest BCUT2D eigenvalue weighted by atomic mass is 16.1. The highest BCUT2D eigenvalue weighted by molar-refractivity contribution is 5.36. The van der Waals surface area contributed by atoms with Crippen molar-refractivity contribution >= 4 is 5.82 Å². The Morgan fingerprint density at radius 2 is 1.88 bits per heavy atom. The number of hydrogen-bond acceptors (Lipinski definition) is 4. The van der Waals surface area contributed by atoms with Crippen LogP contribution in [0, 0.1) is 0 Å². The topological polar surface area (TPSA) is 50.2 Å². The molecular weight excluding hydrogens is 324 g/mol. The van der Waals surface area contributed by atoms with E-state index in [1.165, 1.54) is 24.0 Å². The van der Waals surface area contributed by atoms with Crippen LogP contribution in [0.1, 0.15) is 37.3 Å². The number of nitrogens with one attached hydrogen (secondary N) is 1. The van der Waals surface area contributed by atoms with Gasteiger partial charge in [-0.05, 0) is 50.2 Å². The minimum Gasteiger partial charge on any atom is -0.352 e. The number of fused-ring (bicyclic) bond motifs is 1. The van der Waals surface area contributed by atoms with Crippen LogP contribution in [-0.4, -0.2) is 34.7 Å². The van der Waals surface area contributed by atoms with E-state index in [1.54, 1.807) is 17.0 Å². The van der Waals surface area contributed by atoms with Gasteiger partial charge in [0.05, 0.1) is 0 Å². The molecule has 2 aliphatic rings. The molecule has 5 heteroatoms. The van der Waals surface area contributed by atoms with Crippen LogP contribution in [0.15, 0.2) is 41.5 Å². The van der Waals surface area contributed by atoms with Crippen LogP contribution in [0.5, 0.6) is 0 Å². The maximum Gasteiger partial charge on any atom is 0.293 e. The molecule has 0 spiro atoms. The lowest BCUT2D eigenvalue weighted by atomic mass is 9.87. The molecule has 2 heterocycles. The standard InChI is InChI=1S/C21H28N4O/c1-2-24-14-11-22-20(21(24)26)25-12-9-18(10-13-25)23-19-8-7-16-5-3-4-6-17(16)15-19/h3-6,11,14,18-19,23H,2,7-10,12-13,15H2,1H3/t19-/m0/s1. The Morgan fingerprint density at radius 1 is 1.12 bits per heavy atom. The van der Waals surface area contributed by atoms with Crippen LogP contribution in [-0.2, 0) is 19.4 Å². The van der Waals surface area contributed by atoms with Gasteiger partial charge in [0, 0.05) is 44.1 Å². The van der Waals surface area contributed by atoms with Gasteiger partial charge in [0.1, 0.15) is 0 Å². The molecule has 138 valence electrons. The SMILES string of the molecule is CCn1ccnc(N2CCC(N[C@H]3CCc4ccccc4C3)CC2)c1=O. The predicted molar refractivity (Wildman–Crippen MR) is 105 cm³/mol. The molecule has 26 heavy (non-hydrogen) atoms. The average molecular weight is 352 g/mol. The highest BCUT2D eigenvalue weighted by Crippen LogP contribution is 2.23. The number of aryl methyl sites for hydroxylation is 2. The zero-order valence-corrected chi connectivity index (χ0v) is 15.5. The van der Waals surface area contributed by atoms with Gasteiger partial charge in [-0.1, -0.05) is 24.3 Å². The van der Waals surface area contributed by atoms with Gasteiger partial charge < -0.3 is 14.8 Å². The minimum atomic E-state index is 0.0327. The van der Waals surface area contributed by atoms with Crippen molar-refractivity contribution in [1.82, 2.24) is 14.9 Å². The third-order valence-electron chi connectivity index (χ3n) is 5.85. The maximum absolute atomic E-state index is 12.5. The van der Waals surface area contributed by atoms with Crippen LogP contribution in [0.25, 0.3) is 0 Å². The molecule has 1 aromatic heterocycles. The number of rotatable bonds is 4.